The molecule has 0 fully saturated rings. The molecule has 0 spiro atoms. The van der Waals surface area contributed by atoms with Gasteiger partial charge < -0.3 is 0 Å². The molecule has 0 aliphatic carbocycles. The quantitative estimate of drug-likeness (QED) is 0.855. The summed E-state index contributed by atoms with van der Waals surface area (Å²) in [6.07, 6.45) is 0.549. The monoisotopic (exact) mass is 315 g/mol. The molecule has 1 aliphatic heterocycles. The van der Waals surface area contributed by atoms with Crippen molar-refractivity contribution in [3.63, 3.8) is 0 Å². The van der Waals surface area contributed by atoms with E-state index in [1.807, 2.05) is 19.1 Å². The van der Waals surface area contributed by atoms with Crippen molar-refractivity contribution in [1.82, 2.24) is 4.31 Å². The number of fused-ring (bicyclic) bond motifs is 1. The number of rotatable bonds is 2. The summed E-state index contributed by atoms with van der Waals surface area (Å²) in [5.41, 5.74) is 2.54. The average molecular weight is 315 g/mol. The molecule has 0 saturated heterocycles. The second-order valence-electron chi connectivity index (χ2n) is 5.48. The standard InChI is InChI=1S/C17H17NO3S/c1-13-6-8-15(9-7-13)22(20,21)18-11-10-14-4-2-3-5-16(14)17(19)12-18/h2-9H,10-12H2,1H3. The number of Topliss-reactive ketones (excluding diaryl/α,β-unsaturated/α-hetero) is 1. The molecule has 0 unspecified atom stereocenters. The Hall–Kier alpha value is -1.98. The van der Waals surface area contributed by atoms with Gasteiger partial charge in [0.15, 0.2) is 5.78 Å². The first-order valence-electron chi connectivity index (χ1n) is 7.16. The summed E-state index contributed by atoms with van der Waals surface area (Å²) in [5, 5.41) is 0. The molecule has 5 heteroatoms. The first-order valence-corrected chi connectivity index (χ1v) is 8.60. The Bertz CT molecular complexity index is 810. The van der Waals surface area contributed by atoms with Crippen LogP contribution < -0.4 is 0 Å². The number of carbonyl (C=O) groups is 1. The number of benzene rings is 2. The third-order valence-corrected chi connectivity index (χ3v) is 5.79. The largest absolute Gasteiger partial charge is 0.293 e. The molecule has 2 aromatic carbocycles. The van der Waals surface area contributed by atoms with Crippen LogP contribution in [-0.4, -0.2) is 31.6 Å². The van der Waals surface area contributed by atoms with Gasteiger partial charge in [-0.2, -0.15) is 4.31 Å². The van der Waals surface area contributed by atoms with Crippen LogP contribution in [-0.2, 0) is 16.4 Å². The second-order valence-corrected chi connectivity index (χ2v) is 7.42. The number of hydrogen-bond acceptors (Lipinski definition) is 3. The zero-order chi connectivity index (χ0) is 15.7. The Morgan fingerprint density at radius 2 is 1.68 bits per heavy atom. The van der Waals surface area contributed by atoms with E-state index in [1.165, 1.54) is 4.31 Å². The Morgan fingerprint density at radius 3 is 2.41 bits per heavy atom. The average Bonchev–Trinajstić information content (AvgIpc) is 2.68. The third kappa shape index (κ3) is 2.69. The van der Waals surface area contributed by atoms with Crippen molar-refractivity contribution in [3.8, 4) is 0 Å². The van der Waals surface area contributed by atoms with E-state index in [2.05, 4.69) is 0 Å². The van der Waals surface area contributed by atoms with Crippen LogP contribution in [0.25, 0.3) is 0 Å². The molecular formula is C17H17NO3S. The van der Waals surface area contributed by atoms with E-state index in [1.54, 1.807) is 36.4 Å². The van der Waals surface area contributed by atoms with Gasteiger partial charge in [-0.25, -0.2) is 8.42 Å². The topological polar surface area (TPSA) is 54.5 Å². The normalized spacial score (nSPS) is 16.1. The summed E-state index contributed by atoms with van der Waals surface area (Å²) in [7, 11) is -3.64. The molecule has 0 bridgehead atoms. The molecule has 114 valence electrons. The molecule has 1 heterocycles. The summed E-state index contributed by atoms with van der Waals surface area (Å²) in [4.78, 5) is 12.6. The lowest BCUT2D eigenvalue weighted by Gasteiger charge is -2.19. The summed E-state index contributed by atoms with van der Waals surface area (Å²) < 4.78 is 26.7. The van der Waals surface area contributed by atoms with Crippen LogP contribution in [0.3, 0.4) is 0 Å². The van der Waals surface area contributed by atoms with Crippen molar-refractivity contribution >= 4 is 15.8 Å². The Kier molecular flexibility index (Phi) is 3.85. The molecule has 2 aromatic rings. The molecule has 0 N–H and O–H groups in total. The number of sulfonamides is 1. The van der Waals surface area contributed by atoms with Gasteiger partial charge in [0.05, 0.1) is 11.4 Å². The van der Waals surface area contributed by atoms with Crippen LogP contribution in [0, 0.1) is 6.92 Å². The molecule has 0 atom stereocenters. The zero-order valence-corrected chi connectivity index (χ0v) is 13.1. The van der Waals surface area contributed by atoms with Crippen LogP contribution >= 0.6 is 0 Å². The predicted octanol–water partition coefficient (Wildman–Crippen LogP) is 2.42. The highest BCUT2D eigenvalue weighted by atomic mass is 32.2. The van der Waals surface area contributed by atoms with E-state index >= 15 is 0 Å². The van der Waals surface area contributed by atoms with Crippen LogP contribution in [0.15, 0.2) is 53.4 Å². The van der Waals surface area contributed by atoms with Gasteiger partial charge in [0.2, 0.25) is 10.0 Å². The minimum Gasteiger partial charge on any atom is -0.293 e. The van der Waals surface area contributed by atoms with Gasteiger partial charge in [0.25, 0.3) is 0 Å². The Balaban J connectivity index is 1.94. The first-order chi connectivity index (χ1) is 10.5. The molecule has 3 rings (SSSR count). The van der Waals surface area contributed by atoms with Crippen LogP contribution in [0.1, 0.15) is 21.5 Å². The summed E-state index contributed by atoms with van der Waals surface area (Å²) in [6.45, 7) is 2.12. The molecule has 4 nitrogen and oxygen atoms in total. The van der Waals surface area contributed by atoms with Gasteiger partial charge in [0.1, 0.15) is 0 Å². The number of carbonyl (C=O) groups excluding carboxylic acids is 1. The fraction of sp³-hybridized carbons (Fsp3) is 0.235. The number of nitrogens with zero attached hydrogens (tertiary/aromatic N) is 1. The van der Waals surface area contributed by atoms with E-state index in [4.69, 9.17) is 0 Å². The fourth-order valence-electron chi connectivity index (χ4n) is 2.64. The highest BCUT2D eigenvalue weighted by Gasteiger charge is 2.29. The zero-order valence-electron chi connectivity index (χ0n) is 12.3. The molecule has 0 radical (unpaired) electrons. The minimum absolute atomic E-state index is 0.104. The van der Waals surface area contributed by atoms with Crippen LogP contribution in [0.5, 0.6) is 0 Å². The molecular weight excluding hydrogens is 298 g/mol. The number of ketones is 1. The highest BCUT2D eigenvalue weighted by molar-refractivity contribution is 7.89. The van der Waals surface area contributed by atoms with E-state index in [-0.39, 0.29) is 17.2 Å². The predicted molar refractivity (Wildman–Crippen MR) is 84.4 cm³/mol. The summed E-state index contributed by atoms with van der Waals surface area (Å²) in [6, 6.07) is 14.0. The number of aryl methyl sites for hydroxylation is 1. The van der Waals surface area contributed by atoms with Gasteiger partial charge in [0, 0.05) is 12.1 Å². The van der Waals surface area contributed by atoms with Gasteiger partial charge in [-0.3, -0.25) is 4.79 Å². The molecule has 0 aromatic heterocycles. The highest BCUT2D eigenvalue weighted by Crippen LogP contribution is 2.22. The first kappa shape index (κ1) is 14.9. The molecule has 1 aliphatic rings. The van der Waals surface area contributed by atoms with Gasteiger partial charge in [-0.1, -0.05) is 42.0 Å². The van der Waals surface area contributed by atoms with E-state index in [0.29, 0.717) is 18.5 Å². The summed E-state index contributed by atoms with van der Waals surface area (Å²) in [5.74, 6) is -0.149. The maximum absolute atomic E-state index is 12.7. The minimum atomic E-state index is -3.64. The van der Waals surface area contributed by atoms with Crippen LogP contribution in [0.2, 0.25) is 0 Å². The van der Waals surface area contributed by atoms with E-state index < -0.39 is 10.0 Å². The Labute approximate surface area is 130 Å². The lowest BCUT2D eigenvalue weighted by molar-refractivity contribution is 0.0971. The fourth-order valence-corrected chi connectivity index (χ4v) is 4.04. The maximum atomic E-state index is 12.7. The molecule has 22 heavy (non-hydrogen) atoms. The van der Waals surface area contributed by atoms with E-state index in [9.17, 15) is 13.2 Å². The lowest BCUT2D eigenvalue weighted by Crippen LogP contribution is -2.35. The van der Waals surface area contributed by atoms with Crippen molar-refractivity contribution in [3.05, 3.63) is 65.2 Å². The van der Waals surface area contributed by atoms with Crippen LogP contribution in [0.4, 0.5) is 0 Å². The number of hydrogen-bond donors (Lipinski definition) is 0. The van der Waals surface area contributed by atoms with Gasteiger partial charge in [-0.05, 0) is 31.0 Å². The maximum Gasteiger partial charge on any atom is 0.243 e. The van der Waals surface area contributed by atoms with Gasteiger partial charge in [-0.15, -0.1) is 0 Å². The van der Waals surface area contributed by atoms with Crippen molar-refractivity contribution in [2.75, 3.05) is 13.1 Å². The smallest absolute Gasteiger partial charge is 0.243 e. The van der Waals surface area contributed by atoms with Crippen molar-refractivity contribution in [2.24, 2.45) is 0 Å². The van der Waals surface area contributed by atoms with E-state index in [0.717, 1.165) is 11.1 Å². The van der Waals surface area contributed by atoms with Crippen molar-refractivity contribution in [1.29, 1.82) is 0 Å². The molecule has 0 amide bonds. The summed E-state index contributed by atoms with van der Waals surface area (Å²) >= 11 is 0. The molecule has 0 saturated carbocycles. The SMILES string of the molecule is Cc1ccc(S(=O)(=O)N2CCc3ccccc3C(=O)C2)cc1. The van der Waals surface area contributed by atoms with Gasteiger partial charge >= 0.3 is 0 Å². The third-order valence-electron chi connectivity index (χ3n) is 3.93. The van der Waals surface area contributed by atoms with Crippen molar-refractivity contribution in [2.45, 2.75) is 18.2 Å². The lowest BCUT2D eigenvalue weighted by atomic mass is 10.0. The van der Waals surface area contributed by atoms with Crippen molar-refractivity contribution < 1.29 is 13.2 Å². The second kappa shape index (κ2) is 5.66. The Morgan fingerprint density at radius 1 is 1.00 bits per heavy atom.